The van der Waals surface area contributed by atoms with E-state index in [0.29, 0.717) is 41.3 Å². The molecule has 7 rings (SSSR count). The number of nitrogens with one attached hydrogen (secondary N) is 1. The highest BCUT2D eigenvalue weighted by molar-refractivity contribution is 7.13. The second-order valence-electron chi connectivity index (χ2n) is 12.6. The summed E-state index contributed by atoms with van der Waals surface area (Å²) in [7, 11) is 1.22. The number of anilines is 1. The standard InChI is InChI=1S/C30H28N4O5S.C7H12/c1-15-10-17(14-31)11-16(2)25(15)34-29(36)21-12-22-24(39-8-6-18-7-9-40-27(18)22)13-20(21)19-4-5-23(28(32)35)33-26(19)30(37)38-3;1-2-7-4-3-6(1)5-7/h4-5,7,9-13H,6,8,14,31H2,1-3H3,(H2,32,35)(H,34,36);6-7H,1-5H2. The number of nitrogens with zero attached hydrogens (tertiary/aromatic N) is 1. The largest absolute Gasteiger partial charge is 0.493 e. The van der Waals surface area contributed by atoms with Crippen molar-refractivity contribution in [3.05, 3.63) is 87.0 Å². The van der Waals surface area contributed by atoms with Gasteiger partial charge in [-0.15, -0.1) is 11.3 Å². The van der Waals surface area contributed by atoms with Gasteiger partial charge in [0.15, 0.2) is 5.69 Å². The van der Waals surface area contributed by atoms with Gasteiger partial charge in [0.25, 0.3) is 11.8 Å². The van der Waals surface area contributed by atoms with Crippen molar-refractivity contribution in [2.45, 2.75) is 58.9 Å². The highest BCUT2D eigenvalue weighted by Crippen LogP contribution is 2.45. The van der Waals surface area contributed by atoms with Gasteiger partial charge in [0.1, 0.15) is 11.4 Å². The highest BCUT2D eigenvalue weighted by Gasteiger charge is 2.31. The maximum atomic E-state index is 14.0. The van der Waals surface area contributed by atoms with Crippen LogP contribution in [0.4, 0.5) is 5.69 Å². The summed E-state index contributed by atoms with van der Waals surface area (Å²) in [4.78, 5) is 43.9. The van der Waals surface area contributed by atoms with E-state index in [4.69, 9.17) is 20.9 Å². The number of hydrogen-bond acceptors (Lipinski definition) is 8. The molecule has 1 aliphatic heterocycles. The lowest BCUT2D eigenvalue weighted by Crippen LogP contribution is -2.18. The second kappa shape index (κ2) is 13.7. The number of benzene rings is 2. The van der Waals surface area contributed by atoms with Crippen molar-refractivity contribution in [3.63, 3.8) is 0 Å². The smallest absolute Gasteiger partial charge is 0.357 e. The highest BCUT2D eigenvalue weighted by atomic mass is 32.1. The van der Waals surface area contributed by atoms with Crippen LogP contribution < -0.4 is 21.5 Å². The molecule has 47 heavy (non-hydrogen) atoms. The Morgan fingerprint density at radius 2 is 1.68 bits per heavy atom. The Morgan fingerprint density at radius 1 is 0.979 bits per heavy atom. The summed E-state index contributed by atoms with van der Waals surface area (Å²) in [5.41, 5.74) is 17.3. The summed E-state index contributed by atoms with van der Waals surface area (Å²) in [5, 5.41) is 5.08. The number of thiophene rings is 1. The molecule has 2 aromatic heterocycles. The summed E-state index contributed by atoms with van der Waals surface area (Å²) in [5.74, 6) is 0.959. The monoisotopic (exact) mass is 652 g/mol. The number of esters is 1. The van der Waals surface area contributed by atoms with E-state index in [1.165, 1.54) is 31.1 Å². The minimum Gasteiger partial charge on any atom is -0.493 e. The van der Waals surface area contributed by atoms with Crippen LogP contribution in [0.5, 0.6) is 5.75 Å². The van der Waals surface area contributed by atoms with Crippen LogP contribution in [0.15, 0.2) is 47.8 Å². The number of pyridine rings is 1. The summed E-state index contributed by atoms with van der Waals surface area (Å²) < 4.78 is 11.1. The zero-order valence-corrected chi connectivity index (χ0v) is 27.8. The molecule has 10 heteroatoms. The van der Waals surface area contributed by atoms with Crippen molar-refractivity contribution < 1.29 is 23.9 Å². The molecule has 0 saturated heterocycles. The molecule has 0 radical (unpaired) electrons. The molecule has 9 nitrogen and oxygen atoms in total. The molecule has 2 saturated carbocycles. The van der Waals surface area contributed by atoms with E-state index in [0.717, 1.165) is 39.1 Å². The number of methoxy groups -OCH3 is 1. The first kappa shape index (κ1) is 32.4. The van der Waals surface area contributed by atoms with Gasteiger partial charge in [-0.05, 0) is 90.1 Å². The number of aromatic nitrogens is 1. The third-order valence-corrected chi connectivity index (χ3v) is 10.5. The zero-order chi connectivity index (χ0) is 33.2. The normalized spacial score (nSPS) is 17.4. The maximum absolute atomic E-state index is 14.0. The summed E-state index contributed by atoms with van der Waals surface area (Å²) >= 11 is 1.57. The average Bonchev–Trinajstić information content (AvgIpc) is 3.83. The van der Waals surface area contributed by atoms with Crippen LogP contribution in [0.1, 0.15) is 85.7 Å². The quantitative estimate of drug-likeness (QED) is 0.194. The fraction of sp³-hybridized carbons (Fsp3) is 0.351. The first-order valence-electron chi connectivity index (χ1n) is 16.1. The van der Waals surface area contributed by atoms with Gasteiger partial charge < -0.3 is 26.3 Å². The molecular weight excluding hydrogens is 612 g/mol. The van der Waals surface area contributed by atoms with Crippen LogP contribution in [0, 0.1) is 25.7 Å². The van der Waals surface area contributed by atoms with Crippen LogP contribution in [-0.4, -0.2) is 36.5 Å². The fourth-order valence-corrected chi connectivity index (χ4v) is 8.09. The Kier molecular flexibility index (Phi) is 9.42. The molecule has 2 aromatic carbocycles. The predicted octanol–water partition coefficient (Wildman–Crippen LogP) is 6.82. The Balaban J connectivity index is 0.000000482. The Morgan fingerprint density at radius 3 is 2.28 bits per heavy atom. The number of fused-ring (bicyclic) bond motifs is 5. The number of carbonyl (C=O) groups is 3. The van der Waals surface area contributed by atoms with Crippen molar-refractivity contribution >= 4 is 34.8 Å². The molecule has 0 atom stereocenters. The number of nitrogens with two attached hydrogens (primary N) is 2. The van der Waals surface area contributed by atoms with Crippen molar-refractivity contribution in [2.75, 3.05) is 19.0 Å². The van der Waals surface area contributed by atoms with E-state index >= 15 is 0 Å². The number of primary amides is 1. The topological polar surface area (TPSA) is 147 Å². The van der Waals surface area contributed by atoms with Crippen LogP contribution in [0.3, 0.4) is 0 Å². The third-order valence-electron chi connectivity index (χ3n) is 9.50. The van der Waals surface area contributed by atoms with Crippen LogP contribution >= 0.6 is 11.3 Å². The van der Waals surface area contributed by atoms with Gasteiger partial charge in [0, 0.05) is 45.8 Å². The SMILES string of the molecule is C1CC2CCC1C2.COC(=O)c1nc(C(N)=O)ccc1-c1cc2c(cc1C(=O)Nc1c(C)cc(CN)cc1C)-c1sccc1CCO2. The van der Waals surface area contributed by atoms with Gasteiger partial charge in [0.05, 0.1) is 13.7 Å². The zero-order valence-electron chi connectivity index (χ0n) is 27.0. The van der Waals surface area contributed by atoms with Gasteiger partial charge in [0.2, 0.25) is 0 Å². The molecule has 3 aliphatic rings. The van der Waals surface area contributed by atoms with Crippen LogP contribution in [-0.2, 0) is 17.7 Å². The minimum absolute atomic E-state index is 0.101. The first-order valence-corrected chi connectivity index (χ1v) is 16.9. The summed E-state index contributed by atoms with van der Waals surface area (Å²) in [6.07, 6.45) is 8.54. The van der Waals surface area contributed by atoms with E-state index in [2.05, 4.69) is 16.4 Å². The fourth-order valence-electron chi connectivity index (χ4n) is 7.12. The molecule has 0 unspecified atom stereocenters. The number of amides is 2. The maximum Gasteiger partial charge on any atom is 0.357 e. The Labute approximate surface area is 278 Å². The molecular formula is C37H40N4O5S. The molecule has 0 spiro atoms. The van der Waals surface area contributed by atoms with E-state index in [-0.39, 0.29) is 17.3 Å². The Bertz CT molecular complexity index is 1820. The molecule has 2 fully saturated rings. The number of ether oxygens (including phenoxy) is 2. The van der Waals surface area contributed by atoms with Crippen molar-refractivity contribution in [2.24, 2.45) is 23.3 Å². The van der Waals surface area contributed by atoms with E-state index in [1.54, 1.807) is 55.6 Å². The van der Waals surface area contributed by atoms with Gasteiger partial charge in [-0.25, -0.2) is 9.78 Å². The third kappa shape index (κ3) is 6.66. The molecule has 4 aromatic rings. The van der Waals surface area contributed by atoms with Gasteiger partial charge in [-0.3, -0.25) is 9.59 Å². The van der Waals surface area contributed by atoms with Crippen molar-refractivity contribution in [1.82, 2.24) is 4.98 Å². The van der Waals surface area contributed by atoms with Crippen molar-refractivity contribution in [1.29, 1.82) is 0 Å². The summed E-state index contributed by atoms with van der Waals surface area (Å²) in [6.45, 7) is 4.66. The van der Waals surface area contributed by atoms with Gasteiger partial charge in [-0.1, -0.05) is 37.8 Å². The lowest BCUT2D eigenvalue weighted by molar-refractivity contribution is 0.0594. The second-order valence-corrected chi connectivity index (χ2v) is 13.5. The number of carbonyl (C=O) groups excluding carboxylic acids is 3. The lowest BCUT2D eigenvalue weighted by atomic mass is 9.93. The predicted molar refractivity (Wildman–Crippen MR) is 184 cm³/mol. The molecule has 2 bridgehead atoms. The first-order chi connectivity index (χ1) is 22.7. The average molecular weight is 653 g/mol. The van der Waals surface area contributed by atoms with E-state index in [9.17, 15) is 14.4 Å². The molecule has 5 N–H and O–H groups in total. The molecule has 244 valence electrons. The van der Waals surface area contributed by atoms with Crippen LogP contribution in [0.25, 0.3) is 21.6 Å². The Hall–Kier alpha value is -4.54. The van der Waals surface area contributed by atoms with Crippen LogP contribution in [0.2, 0.25) is 0 Å². The van der Waals surface area contributed by atoms with E-state index in [1.807, 2.05) is 31.4 Å². The lowest BCUT2D eigenvalue weighted by Gasteiger charge is -2.19. The van der Waals surface area contributed by atoms with Crippen molar-refractivity contribution in [3.8, 4) is 27.3 Å². The number of rotatable bonds is 6. The molecule has 3 heterocycles. The van der Waals surface area contributed by atoms with E-state index < -0.39 is 11.9 Å². The summed E-state index contributed by atoms with van der Waals surface area (Å²) in [6, 6.07) is 12.4. The van der Waals surface area contributed by atoms with Gasteiger partial charge >= 0.3 is 5.97 Å². The molecule has 2 amide bonds. The van der Waals surface area contributed by atoms with Gasteiger partial charge in [-0.2, -0.15) is 0 Å². The number of hydrogen-bond donors (Lipinski definition) is 3. The number of aryl methyl sites for hydroxylation is 2. The minimum atomic E-state index is -0.794. The molecule has 2 aliphatic carbocycles.